The molecule has 0 bridgehead atoms. The fraction of sp³-hybridized carbons (Fsp3) is 0.333. The van der Waals surface area contributed by atoms with Gasteiger partial charge in [0, 0.05) is 19.5 Å². The van der Waals surface area contributed by atoms with Crippen molar-refractivity contribution in [3.8, 4) is 5.75 Å². The van der Waals surface area contributed by atoms with E-state index in [2.05, 4.69) is 5.32 Å². The van der Waals surface area contributed by atoms with Crippen molar-refractivity contribution in [2.45, 2.75) is 39.8 Å². The van der Waals surface area contributed by atoms with Crippen LogP contribution in [0.1, 0.15) is 30.5 Å². The molecule has 2 amide bonds. The van der Waals surface area contributed by atoms with Crippen molar-refractivity contribution in [2.24, 2.45) is 0 Å². The van der Waals surface area contributed by atoms with Crippen LogP contribution in [0.3, 0.4) is 0 Å². The molecule has 0 fully saturated rings. The van der Waals surface area contributed by atoms with Gasteiger partial charge in [0.2, 0.25) is 21.8 Å². The molecule has 3 aromatic carbocycles. The largest absolute Gasteiger partial charge is 0.492 e. The molecule has 0 heterocycles. The SMILES string of the molecule is CCNC(=O)[C@H](Cc1ccccc1)N(Cc1ccccc1C)C(=O)CN(c1ccccc1OCC)S(C)(=O)=O. The lowest BCUT2D eigenvalue weighted by molar-refractivity contribution is -0.140. The third kappa shape index (κ3) is 8.07. The molecular weight excluding hydrogens is 514 g/mol. The quantitative estimate of drug-likeness (QED) is 0.347. The Labute approximate surface area is 231 Å². The highest BCUT2D eigenvalue weighted by Gasteiger charge is 2.33. The number of benzene rings is 3. The summed E-state index contributed by atoms with van der Waals surface area (Å²) in [5.74, 6) is -0.445. The van der Waals surface area contributed by atoms with Gasteiger partial charge < -0.3 is 15.0 Å². The molecule has 0 aliphatic carbocycles. The lowest BCUT2D eigenvalue weighted by Crippen LogP contribution is -2.53. The summed E-state index contributed by atoms with van der Waals surface area (Å²) in [5.41, 5.74) is 2.99. The van der Waals surface area contributed by atoms with Crippen LogP contribution in [0.5, 0.6) is 5.75 Å². The highest BCUT2D eigenvalue weighted by molar-refractivity contribution is 7.92. The van der Waals surface area contributed by atoms with Crippen molar-refractivity contribution < 1.29 is 22.7 Å². The molecule has 0 unspecified atom stereocenters. The average molecular weight is 552 g/mol. The number of nitrogens with zero attached hydrogens (tertiary/aromatic N) is 2. The number of nitrogens with one attached hydrogen (secondary N) is 1. The molecule has 1 atom stereocenters. The van der Waals surface area contributed by atoms with Gasteiger partial charge >= 0.3 is 0 Å². The lowest BCUT2D eigenvalue weighted by atomic mass is 10.0. The van der Waals surface area contributed by atoms with Gasteiger partial charge in [0.15, 0.2) is 0 Å². The van der Waals surface area contributed by atoms with E-state index in [4.69, 9.17) is 4.74 Å². The minimum atomic E-state index is -3.88. The van der Waals surface area contributed by atoms with Crippen LogP contribution in [-0.4, -0.2) is 57.1 Å². The van der Waals surface area contributed by atoms with Crippen molar-refractivity contribution in [2.75, 3.05) is 30.3 Å². The van der Waals surface area contributed by atoms with Gasteiger partial charge in [0.1, 0.15) is 18.3 Å². The molecule has 3 aromatic rings. The molecule has 208 valence electrons. The standard InChI is InChI=1S/C30H37N3O5S/c1-5-31-30(35)27(20-24-15-8-7-9-16-24)32(21-25-17-11-10-14-23(25)3)29(34)22-33(39(4,36)37)26-18-12-13-19-28(26)38-6-2/h7-19,27H,5-6,20-22H2,1-4H3,(H,31,35)/t27-/m0/s1. The second-order valence-electron chi connectivity index (χ2n) is 9.22. The Kier molecular flexibility index (Phi) is 10.5. The topological polar surface area (TPSA) is 96.0 Å². The zero-order valence-electron chi connectivity index (χ0n) is 23.0. The second-order valence-corrected chi connectivity index (χ2v) is 11.1. The first-order valence-electron chi connectivity index (χ1n) is 13.0. The summed E-state index contributed by atoms with van der Waals surface area (Å²) in [7, 11) is -3.88. The molecule has 39 heavy (non-hydrogen) atoms. The Morgan fingerprint density at radius 2 is 1.56 bits per heavy atom. The number of anilines is 1. The number of para-hydroxylation sites is 2. The van der Waals surface area contributed by atoms with Gasteiger partial charge in [-0.05, 0) is 49.6 Å². The molecule has 8 nitrogen and oxygen atoms in total. The Bertz CT molecular complexity index is 1360. The van der Waals surface area contributed by atoms with Crippen molar-refractivity contribution in [3.63, 3.8) is 0 Å². The molecular formula is C30H37N3O5S. The van der Waals surface area contributed by atoms with Crippen molar-refractivity contribution >= 4 is 27.5 Å². The molecule has 0 aliphatic rings. The van der Waals surface area contributed by atoms with E-state index in [1.54, 1.807) is 31.2 Å². The molecule has 0 saturated heterocycles. The number of carbonyl (C=O) groups excluding carboxylic acids is 2. The van der Waals surface area contributed by atoms with E-state index in [1.165, 1.54) is 4.90 Å². The number of hydrogen-bond donors (Lipinski definition) is 1. The van der Waals surface area contributed by atoms with Crippen molar-refractivity contribution in [1.29, 1.82) is 0 Å². The van der Waals surface area contributed by atoms with Crippen LogP contribution in [0.4, 0.5) is 5.69 Å². The number of amides is 2. The molecule has 0 spiro atoms. The van der Waals surface area contributed by atoms with E-state index < -0.39 is 28.5 Å². The maximum absolute atomic E-state index is 14.1. The Balaban J connectivity index is 2.07. The fourth-order valence-corrected chi connectivity index (χ4v) is 5.21. The third-order valence-electron chi connectivity index (χ3n) is 6.34. The summed E-state index contributed by atoms with van der Waals surface area (Å²) in [4.78, 5) is 29.0. The number of carbonyl (C=O) groups is 2. The summed E-state index contributed by atoms with van der Waals surface area (Å²) in [6.45, 7) is 5.95. The second kappa shape index (κ2) is 13.8. The Morgan fingerprint density at radius 3 is 2.21 bits per heavy atom. The highest BCUT2D eigenvalue weighted by Crippen LogP contribution is 2.30. The number of ether oxygens (including phenoxy) is 1. The molecule has 0 aliphatic heterocycles. The lowest BCUT2D eigenvalue weighted by Gasteiger charge is -2.34. The maximum Gasteiger partial charge on any atom is 0.244 e. The molecule has 0 aromatic heterocycles. The first-order valence-corrected chi connectivity index (χ1v) is 14.9. The van der Waals surface area contributed by atoms with Crippen LogP contribution in [0.25, 0.3) is 0 Å². The van der Waals surface area contributed by atoms with E-state index in [-0.39, 0.29) is 24.6 Å². The number of rotatable bonds is 13. The van der Waals surface area contributed by atoms with Gasteiger partial charge in [-0.1, -0.05) is 66.7 Å². The summed E-state index contributed by atoms with van der Waals surface area (Å²) in [5, 5.41) is 2.86. The van der Waals surface area contributed by atoms with Crippen LogP contribution < -0.4 is 14.4 Å². The monoisotopic (exact) mass is 551 g/mol. The summed E-state index contributed by atoms with van der Waals surface area (Å²) in [6.07, 6.45) is 1.33. The smallest absolute Gasteiger partial charge is 0.244 e. The van der Waals surface area contributed by atoms with Crippen molar-refractivity contribution in [1.82, 2.24) is 10.2 Å². The van der Waals surface area contributed by atoms with Crippen LogP contribution in [-0.2, 0) is 32.6 Å². The molecule has 1 N–H and O–H groups in total. The Morgan fingerprint density at radius 1 is 0.923 bits per heavy atom. The summed E-state index contributed by atoms with van der Waals surface area (Å²) >= 11 is 0. The normalized spacial score (nSPS) is 11.9. The van der Waals surface area contributed by atoms with Gasteiger partial charge in [-0.3, -0.25) is 13.9 Å². The van der Waals surface area contributed by atoms with Gasteiger partial charge in [-0.2, -0.15) is 0 Å². The highest BCUT2D eigenvalue weighted by atomic mass is 32.2. The van der Waals surface area contributed by atoms with Crippen LogP contribution in [0.15, 0.2) is 78.9 Å². The molecule has 0 radical (unpaired) electrons. The van der Waals surface area contributed by atoms with Crippen molar-refractivity contribution in [3.05, 3.63) is 95.6 Å². The van der Waals surface area contributed by atoms with Gasteiger partial charge in [0.25, 0.3) is 0 Å². The fourth-order valence-electron chi connectivity index (χ4n) is 4.35. The number of aryl methyl sites for hydroxylation is 1. The zero-order chi connectivity index (χ0) is 28.4. The maximum atomic E-state index is 14.1. The molecule has 0 saturated carbocycles. The van der Waals surface area contributed by atoms with E-state index >= 15 is 0 Å². The Hall–Kier alpha value is -3.85. The minimum Gasteiger partial charge on any atom is -0.492 e. The third-order valence-corrected chi connectivity index (χ3v) is 7.46. The number of sulfonamides is 1. The predicted octanol–water partition coefficient (Wildman–Crippen LogP) is 3.94. The van der Waals surface area contributed by atoms with E-state index in [0.29, 0.717) is 18.9 Å². The van der Waals surface area contributed by atoms with Crippen LogP contribution in [0, 0.1) is 6.92 Å². The van der Waals surface area contributed by atoms with Crippen LogP contribution >= 0.6 is 0 Å². The van der Waals surface area contributed by atoms with Gasteiger partial charge in [0.05, 0.1) is 18.6 Å². The van der Waals surface area contributed by atoms with Gasteiger partial charge in [-0.15, -0.1) is 0 Å². The average Bonchev–Trinajstić information content (AvgIpc) is 2.91. The van der Waals surface area contributed by atoms with E-state index in [0.717, 1.165) is 27.3 Å². The summed E-state index contributed by atoms with van der Waals surface area (Å²) in [6, 6.07) is 23.0. The minimum absolute atomic E-state index is 0.144. The number of hydrogen-bond acceptors (Lipinski definition) is 5. The van der Waals surface area contributed by atoms with Gasteiger partial charge in [-0.25, -0.2) is 8.42 Å². The summed E-state index contributed by atoms with van der Waals surface area (Å²) < 4.78 is 32.7. The molecule has 3 rings (SSSR count). The van der Waals surface area contributed by atoms with E-state index in [1.807, 2.05) is 68.4 Å². The first kappa shape index (κ1) is 29.7. The number of likely N-dealkylation sites (N-methyl/N-ethyl adjacent to an activating group) is 1. The van der Waals surface area contributed by atoms with E-state index in [9.17, 15) is 18.0 Å². The zero-order valence-corrected chi connectivity index (χ0v) is 23.8. The first-order chi connectivity index (χ1) is 18.7. The molecule has 9 heteroatoms. The van der Waals surface area contributed by atoms with Crippen LogP contribution in [0.2, 0.25) is 0 Å². The predicted molar refractivity (Wildman–Crippen MR) is 154 cm³/mol.